The average molecular weight is 448 g/mol. The highest BCUT2D eigenvalue weighted by molar-refractivity contribution is 8.15. The Morgan fingerprint density at radius 1 is 0.967 bits per heavy atom. The summed E-state index contributed by atoms with van der Waals surface area (Å²) in [5.41, 5.74) is 0.927. The molecule has 1 amide bonds. The van der Waals surface area contributed by atoms with Crippen LogP contribution < -0.4 is 10.1 Å². The molecule has 0 aliphatic heterocycles. The maximum atomic E-state index is 12.8. The highest BCUT2D eigenvalue weighted by Gasteiger charge is 2.44. The van der Waals surface area contributed by atoms with E-state index in [1.165, 1.54) is 0 Å². The first kappa shape index (κ1) is 24.1. The first-order valence-corrected chi connectivity index (χ1v) is 13.0. The molecule has 0 saturated carbocycles. The first-order valence-electron chi connectivity index (χ1n) is 9.94. The van der Waals surface area contributed by atoms with Gasteiger partial charge >= 0.3 is 5.97 Å². The zero-order valence-corrected chi connectivity index (χ0v) is 19.7. The van der Waals surface area contributed by atoms with Crippen molar-refractivity contribution in [2.75, 3.05) is 7.11 Å². The quantitative estimate of drug-likeness (QED) is 0.534. The predicted molar refractivity (Wildman–Crippen MR) is 126 cm³/mol. The number of ether oxygens (including phenoxy) is 1. The van der Waals surface area contributed by atoms with E-state index in [1.807, 2.05) is 18.2 Å². The Balaban J connectivity index is 2.59. The molecule has 0 bridgehead atoms. The van der Waals surface area contributed by atoms with Crippen LogP contribution in [0.3, 0.4) is 0 Å². The molecule has 2 unspecified atom stereocenters. The van der Waals surface area contributed by atoms with Crippen LogP contribution in [0.2, 0.25) is 0 Å². The molecule has 0 aliphatic carbocycles. The Morgan fingerprint density at radius 2 is 1.50 bits per heavy atom. The second-order valence-electron chi connectivity index (χ2n) is 7.82. The van der Waals surface area contributed by atoms with E-state index in [-0.39, 0.29) is 11.3 Å². The van der Waals surface area contributed by atoms with Crippen LogP contribution in [0.5, 0.6) is 5.75 Å². The number of benzene rings is 2. The van der Waals surface area contributed by atoms with Gasteiger partial charge < -0.3 is 15.2 Å². The van der Waals surface area contributed by atoms with Gasteiger partial charge in [-0.2, -0.15) is 0 Å². The summed E-state index contributed by atoms with van der Waals surface area (Å²) < 4.78 is 5.26. The van der Waals surface area contributed by atoms with Gasteiger partial charge in [0.25, 0.3) is 5.91 Å². The third-order valence-corrected chi connectivity index (χ3v) is 13.3. The van der Waals surface area contributed by atoms with Crippen molar-refractivity contribution in [3.8, 4) is 5.75 Å². The lowest BCUT2D eigenvalue weighted by molar-refractivity contribution is -0.139. The second kappa shape index (κ2) is 10.2. The molecule has 2 aromatic carbocycles. The minimum atomic E-state index is -2.28. The van der Waals surface area contributed by atoms with Crippen LogP contribution in [0.15, 0.2) is 54.6 Å². The minimum absolute atomic E-state index is 0.107. The van der Waals surface area contributed by atoms with Crippen molar-refractivity contribution in [1.82, 2.24) is 5.32 Å². The molecule has 30 heavy (non-hydrogen) atoms. The van der Waals surface area contributed by atoms with Crippen LogP contribution in [0.25, 0.3) is 0 Å². The van der Waals surface area contributed by atoms with Crippen molar-refractivity contribution >= 4 is 29.7 Å². The summed E-state index contributed by atoms with van der Waals surface area (Å²) in [6.45, 7) is 8.20. The number of nitrogens with one attached hydrogen (secondary N) is 1. The lowest BCUT2D eigenvalue weighted by Crippen LogP contribution is -2.46. The van der Waals surface area contributed by atoms with Gasteiger partial charge in [0.1, 0.15) is 11.8 Å². The summed E-state index contributed by atoms with van der Waals surface area (Å²) in [5, 5.41) is 12.9. The van der Waals surface area contributed by atoms with Crippen LogP contribution >= 0.6 is 6.04 Å². The van der Waals surface area contributed by atoms with E-state index in [2.05, 4.69) is 33.0 Å². The molecule has 7 heteroatoms. The van der Waals surface area contributed by atoms with E-state index in [1.54, 1.807) is 43.5 Å². The summed E-state index contributed by atoms with van der Waals surface area (Å²) in [6.07, 6.45) is 0. The molecule has 162 valence electrons. The largest absolute Gasteiger partial charge is 0.497 e. The average Bonchev–Trinajstić information content (AvgIpc) is 2.73. The number of carbonyl (C=O) groups is 2. The molecule has 0 radical (unpaired) electrons. The van der Waals surface area contributed by atoms with E-state index in [0.29, 0.717) is 11.3 Å². The molecule has 0 heterocycles. The van der Waals surface area contributed by atoms with E-state index in [0.717, 1.165) is 5.56 Å². The van der Waals surface area contributed by atoms with Crippen molar-refractivity contribution in [2.24, 2.45) is 0 Å². The Bertz CT molecular complexity index is 901. The number of aliphatic carboxylic acids is 1. The summed E-state index contributed by atoms with van der Waals surface area (Å²) in [5.74, 6) is -0.828. The topological polar surface area (TPSA) is 75.6 Å². The zero-order valence-electron chi connectivity index (χ0n) is 18.0. The molecule has 2 atom stereocenters. The van der Waals surface area contributed by atoms with Crippen LogP contribution in [0.4, 0.5) is 0 Å². The maximum absolute atomic E-state index is 12.8. The van der Waals surface area contributed by atoms with Crippen LogP contribution in [-0.2, 0) is 16.6 Å². The normalized spacial score (nSPS) is 13.7. The number of amides is 1. The van der Waals surface area contributed by atoms with Gasteiger partial charge in [0.15, 0.2) is 0 Å². The van der Waals surface area contributed by atoms with Gasteiger partial charge in [-0.3, -0.25) is 4.79 Å². The standard InChI is InChI=1S/C23H30NO4PS/c1-15(2)29(30,16(3)4)21(17-11-13-19(28-5)14-12-17)20(23(26)27)24-22(25)18-9-7-6-8-10-18/h6-16,20-21H,1-5H3,(H,24,25)(H,26,27). The molecule has 2 aromatic rings. The summed E-state index contributed by atoms with van der Waals surface area (Å²) in [6, 6.07) is 12.6. The Morgan fingerprint density at radius 3 is 1.93 bits per heavy atom. The molecular formula is C23H30NO4PS. The van der Waals surface area contributed by atoms with Crippen LogP contribution in [-0.4, -0.2) is 41.5 Å². The van der Waals surface area contributed by atoms with Gasteiger partial charge in [-0.15, -0.1) is 0 Å². The number of carboxylic acid groups (broad SMARTS) is 1. The van der Waals surface area contributed by atoms with E-state index in [4.69, 9.17) is 16.5 Å². The highest BCUT2D eigenvalue weighted by Crippen LogP contribution is 2.67. The summed E-state index contributed by atoms with van der Waals surface area (Å²) in [4.78, 5) is 25.3. The Labute approximate surface area is 183 Å². The third-order valence-electron chi connectivity index (χ3n) is 5.41. The fourth-order valence-corrected chi connectivity index (χ4v) is 8.30. The Kier molecular flexibility index (Phi) is 8.22. The first-order chi connectivity index (χ1) is 14.1. The fourth-order valence-electron chi connectivity index (χ4n) is 3.79. The zero-order chi connectivity index (χ0) is 22.5. The minimum Gasteiger partial charge on any atom is -0.497 e. The van der Waals surface area contributed by atoms with Crippen molar-refractivity contribution in [2.45, 2.75) is 50.7 Å². The van der Waals surface area contributed by atoms with Gasteiger partial charge in [-0.1, -0.05) is 69.8 Å². The fraction of sp³-hybridized carbons (Fsp3) is 0.391. The molecule has 0 aromatic heterocycles. The van der Waals surface area contributed by atoms with Crippen LogP contribution in [0, 0.1) is 0 Å². The van der Waals surface area contributed by atoms with Gasteiger partial charge in [-0.05, 0) is 47.2 Å². The lowest BCUT2D eigenvalue weighted by Gasteiger charge is -2.41. The maximum Gasteiger partial charge on any atom is 0.327 e. The molecule has 0 spiro atoms. The van der Waals surface area contributed by atoms with Crippen molar-refractivity contribution in [1.29, 1.82) is 0 Å². The number of hydrogen-bond donors (Lipinski definition) is 2. The monoisotopic (exact) mass is 447 g/mol. The third kappa shape index (κ3) is 5.11. The summed E-state index contributed by atoms with van der Waals surface area (Å²) >= 11 is 6.24. The second-order valence-corrected chi connectivity index (χ2v) is 13.9. The summed E-state index contributed by atoms with van der Waals surface area (Å²) in [7, 11) is 1.58. The number of rotatable bonds is 9. The van der Waals surface area contributed by atoms with Gasteiger partial charge in [0, 0.05) is 11.2 Å². The number of carboxylic acids is 1. The van der Waals surface area contributed by atoms with Gasteiger partial charge in [0.2, 0.25) is 0 Å². The van der Waals surface area contributed by atoms with Crippen molar-refractivity contribution < 1.29 is 19.4 Å². The molecule has 5 nitrogen and oxygen atoms in total. The predicted octanol–water partition coefficient (Wildman–Crippen LogP) is 4.92. The van der Waals surface area contributed by atoms with E-state index >= 15 is 0 Å². The SMILES string of the molecule is COc1ccc(C(C(NC(=O)c2ccccc2)C(=O)O)P(=S)(C(C)C)C(C)C)cc1. The number of carbonyl (C=O) groups excluding carboxylic acids is 1. The highest BCUT2D eigenvalue weighted by atomic mass is 32.4. The van der Waals surface area contributed by atoms with Gasteiger partial charge in [0.05, 0.1) is 7.11 Å². The molecule has 2 N–H and O–H groups in total. The van der Waals surface area contributed by atoms with Crippen molar-refractivity contribution in [3.05, 3.63) is 65.7 Å². The van der Waals surface area contributed by atoms with Crippen molar-refractivity contribution in [3.63, 3.8) is 0 Å². The molecular weight excluding hydrogens is 417 g/mol. The smallest absolute Gasteiger partial charge is 0.327 e. The number of hydrogen-bond acceptors (Lipinski definition) is 4. The van der Waals surface area contributed by atoms with Crippen LogP contribution in [0.1, 0.15) is 49.3 Å². The van der Waals surface area contributed by atoms with E-state index in [9.17, 15) is 14.7 Å². The molecule has 0 fully saturated rings. The van der Waals surface area contributed by atoms with E-state index < -0.39 is 29.6 Å². The molecule has 2 rings (SSSR count). The van der Waals surface area contributed by atoms with Gasteiger partial charge in [-0.25, -0.2) is 4.79 Å². The Hall–Kier alpha value is -2.17. The lowest BCUT2D eigenvalue weighted by atomic mass is 10.0. The molecule has 0 saturated heterocycles. The molecule has 0 aliphatic rings. The number of methoxy groups -OCH3 is 1.